The van der Waals surface area contributed by atoms with E-state index < -0.39 is 34.3 Å². The van der Waals surface area contributed by atoms with Crippen LogP contribution in [-0.2, 0) is 10.1 Å². The third kappa shape index (κ3) is 3.88. The highest BCUT2D eigenvalue weighted by Gasteiger charge is 2.64. The summed E-state index contributed by atoms with van der Waals surface area (Å²) in [7, 11) is -6.18. The van der Waals surface area contributed by atoms with Gasteiger partial charge in [-0.1, -0.05) is 12.1 Å². The molecule has 1 aliphatic rings. The average molecular weight is 373 g/mol. The molecule has 7 nitrogen and oxygen atoms in total. The molecule has 1 aromatic carbocycles. The Kier molecular flexibility index (Phi) is 5.69. The Labute approximate surface area is 133 Å². The number of amides is 2. The molecule has 1 aliphatic heterocycles. The second kappa shape index (κ2) is 6.83. The number of carbonyl (C=O) groups is 2. The number of benzene rings is 1. The van der Waals surface area contributed by atoms with Gasteiger partial charge < -0.3 is 5.11 Å². The number of rotatable bonds is 4. The van der Waals surface area contributed by atoms with Crippen molar-refractivity contribution >= 4 is 21.9 Å². The molecule has 1 aromatic rings. The summed E-state index contributed by atoms with van der Waals surface area (Å²) in [6.45, 7) is -1.32. The predicted molar refractivity (Wildman–Crippen MR) is 71.4 cm³/mol. The topological polar surface area (TPSA) is 121 Å². The number of hydrogen-bond acceptors (Lipinski definition) is 5. The summed E-state index contributed by atoms with van der Waals surface area (Å²) in [6, 6.07) is 6.74. The maximum atomic E-state index is 12.2. The van der Waals surface area contributed by atoms with Crippen molar-refractivity contribution in [3.63, 3.8) is 0 Å². The van der Waals surface area contributed by atoms with Gasteiger partial charge in [0, 0.05) is 13.0 Å². The molecule has 12 heteroatoms. The summed E-state index contributed by atoms with van der Waals surface area (Å²) in [6.07, 6.45) is -1.75. The SMILES string of the molecule is O=C1NC(=O)c2ccccc21.O=S(=O)(O)C(F)(F)C(F)(F)CCO. The lowest BCUT2D eigenvalue weighted by Crippen LogP contribution is -2.47. The normalized spacial score (nSPS) is 14.6. The van der Waals surface area contributed by atoms with E-state index in [4.69, 9.17) is 9.66 Å². The number of aliphatic hydroxyl groups excluding tert-OH is 1. The van der Waals surface area contributed by atoms with Crippen molar-refractivity contribution in [2.24, 2.45) is 0 Å². The summed E-state index contributed by atoms with van der Waals surface area (Å²) in [5.74, 6) is -5.59. The Morgan fingerprint density at radius 1 is 1.00 bits per heavy atom. The van der Waals surface area contributed by atoms with E-state index in [0.29, 0.717) is 11.1 Å². The molecule has 2 rings (SSSR count). The van der Waals surface area contributed by atoms with Gasteiger partial charge in [-0.25, -0.2) is 0 Å². The Hall–Kier alpha value is -2.05. The first kappa shape index (κ1) is 20.0. The van der Waals surface area contributed by atoms with Crippen molar-refractivity contribution in [1.29, 1.82) is 0 Å². The summed E-state index contributed by atoms with van der Waals surface area (Å²) in [4.78, 5) is 21.9. The lowest BCUT2D eigenvalue weighted by Gasteiger charge is -2.22. The maximum absolute atomic E-state index is 12.2. The molecule has 2 amide bonds. The highest BCUT2D eigenvalue weighted by atomic mass is 32.2. The Morgan fingerprint density at radius 2 is 1.42 bits per heavy atom. The molecule has 0 atom stereocenters. The largest absolute Gasteiger partial charge is 0.431 e. The van der Waals surface area contributed by atoms with Crippen LogP contribution >= 0.6 is 0 Å². The molecule has 24 heavy (non-hydrogen) atoms. The van der Waals surface area contributed by atoms with Crippen molar-refractivity contribution in [1.82, 2.24) is 5.32 Å². The minimum atomic E-state index is -6.18. The minimum Gasteiger partial charge on any atom is -0.396 e. The van der Waals surface area contributed by atoms with E-state index in [2.05, 4.69) is 5.32 Å². The lowest BCUT2D eigenvalue weighted by atomic mass is 10.1. The van der Waals surface area contributed by atoms with Gasteiger partial charge in [-0.2, -0.15) is 26.0 Å². The molecular formula is C12H11F4NO6S. The first-order valence-corrected chi connectivity index (χ1v) is 7.57. The van der Waals surface area contributed by atoms with E-state index in [1.807, 2.05) is 0 Å². The smallest absolute Gasteiger partial charge is 0.396 e. The van der Waals surface area contributed by atoms with E-state index in [1.165, 1.54) is 0 Å². The molecule has 0 spiro atoms. The first-order valence-electron chi connectivity index (χ1n) is 6.13. The summed E-state index contributed by atoms with van der Waals surface area (Å²) in [5.41, 5.74) is 0.940. The van der Waals surface area contributed by atoms with Crippen LogP contribution < -0.4 is 5.32 Å². The fraction of sp³-hybridized carbons (Fsp3) is 0.333. The number of aliphatic hydroxyl groups is 1. The van der Waals surface area contributed by atoms with Crippen LogP contribution in [0, 0.1) is 0 Å². The number of imide groups is 1. The predicted octanol–water partition coefficient (Wildman–Crippen LogP) is 1.05. The molecule has 3 N–H and O–H groups in total. The van der Waals surface area contributed by atoms with Gasteiger partial charge in [-0.15, -0.1) is 0 Å². The van der Waals surface area contributed by atoms with Crippen LogP contribution in [0.2, 0.25) is 0 Å². The Balaban J connectivity index is 0.000000242. The second-order valence-electron chi connectivity index (χ2n) is 4.50. The van der Waals surface area contributed by atoms with E-state index in [1.54, 1.807) is 24.3 Å². The van der Waals surface area contributed by atoms with Crippen molar-refractivity contribution in [3.8, 4) is 0 Å². The molecular weight excluding hydrogens is 362 g/mol. The minimum absolute atomic E-state index is 0.300. The molecule has 0 bridgehead atoms. The van der Waals surface area contributed by atoms with Crippen molar-refractivity contribution in [2.75, 3.05) is 6.61 Å². The van der Waals surface area contributed by atoms with Crippen LogP contribution in [0.15, 0.2) is 24.3 Å². The third-order valence-electron chi connectivity index (χ3n) is 2.82. The Bertz CT molecular complexity index is 717. The zero-order valence-corrected chi connectivity index (χ0v) is 12.5. The number of halogens is 4. The monoisotopic (exact) mass is 373 g/mol. The second-order valence-corrected chi connectivity index (χ2v) is 5.96. The highest BCUT2D eigenvalue weighted by molar-refractivity contribution is 7.87. The zero-order chi connectivity index (χ0) is 18.8. The standard InChI is InChI=1S/C8H5NO2.C4H6F4O4S/c10-7-5-3-1-2-4-6(5)8(11)9-7;5-3(6,1-2-9)4(7,8)13(10,11)12/h1-4H,(H,9,10,11);9H,1-2H2,(H,10,11,12). The molecule has 0 radical (unpaired) electrons. The van der Waals surface area contributed by atoms with Crippen molar-refractivity contribution < 1.29 is 45.2 Å². The Morgan fingerprint density at radius 3 is 1.75 bits per heavy atom. The highest BCUT2D eigenvalue weighted by Crippen LogP contribution is 2.40. The van der Waals surface area contributed by atoms with E-state index >= 15 is 0 Å². The van der Waals surface area contributed by atoms with Crippen LogP contribution in [0.3, 0.4) is 0 Å². The number of carbonyl (C=O) groups excluding carboxylic acids is 2. The van der Waals surface area contributed by atoms with Gasteiger partial charge in [0.2, 0.25) is 0 Å². The van der Waals surface area contributed by atoms with Crippen molar-refractivity contribution in [2.45, 2.75) is 17.6 Å². The van der Waals surface area contributed by atoms with Gasteiger partial charge in [0.25, 0.3) is 11.8 Å². The first-order chi connectivity index (χ1) is 10.8. The van der Waals surface area contributed by atoms with Gasteiger partial charge in [0.15, 0.2) is 0 Å². The van der Waals surface area contributed by atoms with Gasteiger partial charge >= 0.3 is 21.3 Å². The van der Waals surface area contributed by atoms with Gasteiger partial charge in [-0.3, -0.25) is 19.5 Å². The molecule has 134 valence electrons. The van der Waals surface area contributed by atoms with Gasteiger partial charge in [-0.05, 0) is 12.1 Å². The van der Waals surface area contributed by atoms with Crippen LogP contribution in [-0.4, -0.2) is 47.7 Å². The summed E-state index contributed by atoms with van der Waals surface area (Å²) < 4.78 is 76.3. The van der Waals surface area contributed by atoms with Crippen LogP contribution in [0.5, 0.6) is 0 Å². The van der Waals surface area contributed by atoms with E-state index in [9.17, 15) is 35.6 Å². The van der Waals surface area contributed by atoms with Gasteiger partial charge in [0.1, 0.15) is 0 Å². The van der Waals surface area contributed by atoms with Crippen molar-refractivity contribution in [3.05, 3.63) is 35.4 Å². The fourth-order valence-corrected chi connectivity index (χ4v) is 2.07. The zero-order valence-electron chi connectivity index (χ0n) is 11.7. The quantitative estimate of drug-likeness (QED) is 0.412. The van der Waals surface area contributed by atoms with Crippen LogP contribution in [0.1, 0.15) is 27.1 Å². The number of hydrogen-bond donors (Lipinski definition) is 3. The summed E-state index contributed by atoms with van der Waals surface area (Å²) in [5, 5.41) is 4.56. The average Bonchev–Trinajstić information content (AvgIpc) is 2.74. The van der Waals surface area contributed by atoms with E-state index in [-0.39, 0.29) is 11.8 Å². The third-order valence-corrected chi connectivity index (χ3v) is 3.77. The molecule has 0 unspecified atom stereocenters. The maximum Gasteiger partial charge on any atom is 0.431 e. The van der Waals surface area contributed by atoms with E-state index in [0.717, 1.165) is 0 Å². The number of fused-ring (bicyclic) bond motifs is 1. The molecule has 0 saturated heterocycles. The molecule has 0 aromatic heterocycles. The number of nitrogens with one attached hydrogen (secondary N) is 1. The molecule has 0 fully saturated rings. The molecule has 0 saturated carbocycles. The lowest BCUT2D eigenvalue weighted by molar-refractivity contribution is -0.168. The number of alkyl halides is 4. The van der Waals surface area contributed by atoms with Gasteiger partial charge in [0.05, 0.1) is 11.1 Å². The summed E-state index contributed by atoms with van der Waals surface area (Å²) >= 11 is 0. The van der Waals surface area contributed by atoms with Crippen LogP contribution in [0.25, 0.3) is 0 Å². The van der Waals surface area contributed by atoms with Crippen LogP contribution in [0.4, 0.5) is 17.6 Å². The molecule has 0 aliphatic carbocycles. The fourth-order valence-electron chi connectivity index (χ4n) is 1.59. The molecule has 1 heterocycles.